The molecular weight excluding hydrogens is 224 g/mol. The normalized spacial score (nSPS) is 27.2. The monoisotopic (exact) mass is 254 g/mol. The zero-order valence-electron chi connectivity index (χ0n) is 12.2. The lowest BCUT2D eigenvalue weighted by molar-refractivity contribution is 0.107. The van der Waals surface area contributed by atoms with Gasteiger partial charge >= 0.3 is 0 Å². The van der Waals surface area contributed by atoms with Crippen LogP contribution in [0.2, 0.25) is 0 Å². The van der Waals surface area contributed by atoms with Crippen LogP contribution in [0.5, 0.6) is 0 Å². The minimum absolute atomic E-state index is 0.700. The molecule has 1 aliphatic heterocycles. The first-order chi connectivity index (χ1) is 8.81. The lowest BCUT2D eigenvalue weighted by Crippen LogP contribution is -2.46. The average molecular weight is 254 g/mol. The number of nitrogens with one attached hydrogen (secondary N) is 1. The lowest BCUT2D eigenvalue weighted by Gasteiger charge is -2.32. The highest BCUT2D eigenvalue weighted by molar-refractivity contribution is 4.87. The van der Waals surface area contributed by atoms with Gasteiger partial charge < -0.3 is 10.1 Å². The van der Waals surface area contributed by atoms with E-state index in [2.05, 4.69) is 17.1 Å². The molecule has 0 aromatic heterocycles. The van der Waals surface area contributed by atoms with Gasteiger partial charge in [-0.25, -0.2) is 0 Å². The van der Waals surface area contributed by atoms with Crippen LogP contribution in [-0.2, 0) is 4.74 Å². The second-order valence-corrected chi connectivity index (χ2v) is 6.07. The van der Waals surface area contributed by atoms with Crippen molar-refractivity contribution in [3.8, 4) is 0 Å². The number of methoxy groups -OCH3 is 1. The Hall–Kier alpha value is -0.120. The van der Waals surface area contributed by atoms with Gasteiger partial charge in [0.25, 0.3) is 0 Å². The van der Waals surface area contributed by atoms with E-state index in [0.29, 0.717) is 6.04 Å². The van der Waals surface area contributed by atoms with Crippen LogP contribution in [0, 0.1) is 5.92 Å². The number of rotatable bonds is 7. The van der Waals surface area contributed by atoms with Gasteiger partial charge in [-0.15, -0.1) is 0 Å². The highest BCUT2D eigenvalue weighted by Crippen LogP contribution is 2.35. The first-order valence-electron chi connectivity index (χ1n) is 7.77. The molecule has 2 unspecified atom stereocenters. The van der Waals surface area contributed by atoms with Crippen LogP contribution < -0.4 is 5.32 Å². The van der Waals surface area contributed by atoms with E-state index in [1.807, 2.05) is 7.11 Å². The van der Waals surface area contributed by atoms with E-state index >= 15 is 0 Å². The SMILES string of the molecule is COCCN(CC1CCCCCN1)C(C)C1CC1. The molecule has 0 amide bonds. The van der Waals surface area contributed by atoms with E-state index in [1.165, 1.54) is 51.6 Å². The van der Waals surface area contributed by atoms with Crippen LogP contribution in [0.4, 0.5) is 0 Å². The largest absolute Gasteiger partial charge is 0.383 e. The van der Waals surface area contributed by atoms with Crippen molar-refractivity contribution >= 4 is 0 Å². The smallest absolute Gasteiger partial charge is 0.0589 e. The Bertz CT molecular complexity index is 223. The molecule has 1 saturated carbocycles. The summed E-state index contributed by atoms with van der Waals surface area (Å²) >= 11 is 0. The Morgan fingerprint density at radius 2 is 2.06 bits per heavy atom. The van der Waals surface area contributed by atoms with Crippen LogP contribution in [0.15, 0.2) is 0 Å². The van der Waals surface area contributed by atoms with E-state index in [1.54, 1.807) is 0 Å². The maximum absolute atomic E-state index is 5.27. The fourth-order valence-corrected chi connectivity index (χ4v) is 3.09. The third kappa shape index (κ3) is 4.52. The molecule has 2 aliphatic rings. The van der Waals surface area contributed by atoms with Crippen LogP contribution in [0.25, 0.3) is 0 Å². The molecule has 1 N–H and O–H groups in total. The Balaban J connectivity index is 1.81. The van der Waals surface area contributed by atoms with Crippen molar-refractivity contribution in [1.29, 1.82) is 0 Å². The quantitative estimate of drug-likeness (QED) is 0.754. The number of hydrogen-bond acceptors (Lipinski definition) is 3. The van der Waals surface area contributed by atoms with Crippen LogP contribution >= 0.6 is 0 Å². The third-order valence-corrected chi connectivity index (χ3v) is 4.58. The molecule has 3 heteroatoms. The van der Waals surface area contributed by atoms with Gasteiger partial charge in [-0.3, -0.25) is 4.90 Å². The molecule has 2 atom stereocenters. The first kappa shape index (κ1) is 14.3. The summed E-state index contributed by atoms with van der Waals surface area (Å²) in [5, 5.41) is 3.72. The Morgan fingerprint density at radius 1 is 1.22 bits per heavy atom. The molecule has 106 valence electrons. The van der Waals surface area contributed by atoms with Crippen molar-refractivity contribution < 1.29 is 4.74 Å². The van der Waals surface area contributed by atoms with Crippen molar-refractivity contribution in [2.75, 3.05) is 33.4 Å². The molecule has 1 saturated heterocycles. The minimum atomic E-state index is 0.700. The second kappa shape index (κ2) is 7.46. The molecule has 1 heterocycles. The van der Waals surface area contributed by atoms with Gasteiger partial charge in [0.2, 0.25) is 0 Å². The van der Waals surface area contributed by atoms with Crippen molar-refractivity contribution in [1.82, 2.24) is 10.2 Å². The van der Waals surface area contributed by atoms with Crippen LogP contribution in [0.3, 0.4) is 0 Å². The Kier molecular flexibility index (Phi) is 5.93. The Morgan fingerprint density at radius 3 is 2.78 bits per heavy atom. The zero-order chi connectivity index (χ0) is 12.8. The number of hydrogen-bond donors (Lipinski definition) is 1. The van der Waals surface area contributed by atoms with Crippen molar-refractivity contribution in [3.63, 3.8) is 0 Å². The van der Waals surface area contributed by atoms with Crippen LogP contribution in [0.1, 0.15) is 45.4 Å². The van der Waals surface area contributed by atoms with E-state index in [0.717, 1.165) is 25.1 Å². The molecule has 18 heavy (non-hydrogen) atoms. The molecule has 0 aromatic carbocycles. The van der Waals surface area contributed by atoms with Crippen molar-refractivity contribution in [3.05, 3.63) is 0 Å². The van der Waals surface area contributed by atoms with E-state index in [4.69, 9.17) is 4.74 Å². The third-order valence-electron chi connectivity index (χ3n) is 4.58. The summed E-state index contributed by atoms with van der Waals surface area (Å²) < 4.78 is 5.27. The summed E-state index contributed by atoms with van der Waals surface area (Å²) in [5.74, 6) is 0.952. The highest BCUT2D eigenvalue weighted by atomic mass is 16.5. The predicted octanol–water partition coefficient (Wildman–Crippen LogP) is 2.27. The molecule has 2 rings (SSSR count). The number of nitrogens with zero attached hydrogens (tertiary/aromatic N) is 1. The van der Waals surface area contributed by atoms with Gasteiger partial charge in [0.15, 0.2) is 0 Å². The average Bonchev–Trinajstić information content (AvgIpc) is 3.20. The second-order valence-electron chi connectivity index (χ2n) is 6.07. The maximum atomic E-state index is 5.27. The lowest BCUT2D eigenvalue weighted by atomic mass is 10.1. The fraction of sp³-hybridized carbons (Fsp3) is 1.00. The predicted molar refractivity (Wildman–Crippen MR) is 75.9 cm³/mol. The van der Waals surface area contributed by atoms with Gasteiger partial charge in [0, 0.05) is 32.3 Å². The van der Waals surface area contributed by atoms with Gasteiger partial charge in [0.05, 0.1) is 6.61 Å². The van der Waals surface area contributed by atoms with Gasteiger partial charge in [-0.2, -0.15) is 0 Å². The van der Waals surface area contributed by atoms with Crippen LogP contribution in [-0.4, -0.2) is 50.3 Å². The zero-order valence-corrected chi connectivity index (χ0v) is 12.2. The topological polar surface area (TPSA) is 24.5 Å². The standard InChI is InChI=1S/C15H30N2O/c1-13(14-7-8-14)17(10-11-18-2)12-15-6-4-3-5-9-16-15/h13-16H,3-12H2,1-2H3. The minimum Gasteiger partial charge on any atom is -0.383 e. The summed E-state index contributed by atoms with van der Waals surface area (Å²) in [7, 11) is 1.81. The molecule has 0 aromatic rings. The summed E-state index contributed by atoms with van der Waals surface area (Å²) in [4.78, 5) is 2.66. The highest BCUT2D eigenvalue weighted by Gasteiger charge is 2.32. The summed E-state index contributed by atoms with van der Waals surface area (Å²) in [6.45, 7) is 6.78. The summed E-state index contributed by atoms with van der Waals surface area (Å²) in [6.07, 6.45) is 8.37. The summed E-state index contributed by atoms with van der Waals surface area (Å²) in [6, 6.07) is 1.44. The van der Waals surface area contributed by atoms with Crippen molar-refractivity contribution in [2.45, 2.75) is 57.5 Å². The molecule has 2 fully saturated rings. The molecule has 0 spiro atoms. The maximum Gasteiger partial charge on any atom is 0.0589 e. The van der Waals surface area contributed by atoms with Gasteiger partial charge in [0.1, 0.15) is 0 Å². The van der Waals surface area contributed by atoms with Gasteiger partial charge in [-0.05, 0) is 45.1 Å². The molecule has 1 aliphatic carbocycles. The Labute approximate surface area is 112 Å². The first-order valence-corrected chi connectivity index (χ1v) is 7.77. The van der Waals surface area contributed by atoms with E-state index < -0.39 is 0 Å². The van der Waals surface area contributed by atoms with E-state index in [-0.39, 0.29) is 0 Å². The molecular formula is C15H30N2O. The van der Waals surface area contributed by atoms with Crippen molar-refractivity contribution in [2.24, 2.45) is 5.92 Å². The molecule has 0 radical (unpaired) electrons. The molecule has 3 nitrogen and oxygen atoms in total. The number of ether oxygens (including phenoxy) is 1. The molecule has 0 bridgehead atoms. The van der Waals surface area contributed by atoms with E-state index in [9.17, 15) is 0 Å². The van der Waals surface area contributed by atoms with Gasteiger partial charge in [-0.1, -0.05) is 12.8 Å². The fourth-order valence-electron chi connectivity index (χ4n) is 3.09. The summed E-state index contributed by atoms with van der Waals surface area (Å²) in [5.41, 5.74) is 0.